The van der Waals surface area contributed by atoms with Gasteiger partial charge in [0.25, 0.3) is 5.91 Å². The van der Waals surface area contributed by atoms with E-state index in [0.717, 1.165) is 22.7 Å². The summed E-state index contributed by atoms with van der Waals surface area (Å²) in [6, 6.07) is 8.28. The number of primary amides is 1. The molecule has 28 heavy (non-hydrogen) atoms. The number of hydrogen-bond donors (Lipinski definition) is 2. The number of amides is 2. The molecule has 2 aromatic carbocycles. The molecule has 0 aliphatic rings. The third-order valence-corrected chi connectivity index (χ3v) is 5.41. The fraction of sp³-hybridized carbons (Fsp3) is 0.222. The Morgan fingerprint density at radius 2 is 1.89 bits per heavy atom. The van der Waals surface area contributed by atoms with Crippen LogP contribution in [0.15, 0.2) is 42.5 Å². The summed E-state index contributed by atoms with van der Waals surface area (Å²) in [6.45, 7) is 1.62. The lowest BCUT2D eigenvalue weighted by molar-refractivity contribution is -0.117. The number of nitrogens with two attached hydrogens (primary N) is 1. The molecule has 0 bridgehead atoms. The molecule has 2 rings (SSSR count). The van der Waals surface area contributed by atoms with Crippen LogP contribution in [0.1, 0.15) is 23.7 Å². The van der Waals surface area contributed by atoms with E-state index in [1.54, 1.807) is 19.1 Å². The molecule has 0 aliphatic carbocycles. The Morgan fingerprint density at radius 3 is 2.43 bits per heavy atom. The van der Waals surface area contributed by atoms with Crippen LogP contribution in [0.3, 0.4) is 0 Å². The van der Waals surface area contributed by atoms with Gasteiger partial charge in [-0.1, -0.05) is 30.7 Å². The lowest BCUT2D eigenvalue weighted by Crippen LogP contribution is -2.47. The predicted molar refractivity (Wildman–Crippen MR) is 106 cm³/mol. The van der Waals surface area contributed by atoms with E-state index in [2.05, 4.69) is 5.32 Å². The van der Waals surface area contributed by atoms with Crippen molar-refractivity contribution in [3.05, 3.63) is 58.9 Å². The van der Waals surface area contributed by atoms with E-state index in [1.807, 2.05) is 0 Å². The highest BCUT2D eigenvalue weighted by Gasteiger charge is 2.32. The first-order valence-electron chi connectivity index (χ1n) is 8.20. The van der Waals surface area contributed by atoms with Gasteiger partial charge in [0.05, 0.1) is 28.2 Å². The van der Waals surface area contributed by atoms with E-state index >= 15 is 0 Å². The maximum atomic E-state index is 13.5. The highest BCUT2D eigenvalue weighted by Crippen LogP contribution is 2.28. The molecule has 10 heteroatoms. The van der Waals surface area contributed by atoms with Gasteiger partial charge in [-0.25, -0.2) is 12.8 Å². The quantitative estimate of drug-likeness (QED) is 0.707. The zero-order chi connectivity index (χ0) is 21.1. The standard InChI is InChI=1S/C18H19ClFN3O4S/c1-3-16(18(25)22-15-7-5-4-6-12(15)17(21)24)23(28(2,26)27)11-8-9-14(20)13(19)10-11/h4-10,16H,3H2,1-2H3,(H2,21,24)(H,22,25). The van der Waals surface area contributed by atoms with Crippen molar-refractivity contribution in [2.24, 2.45) is 5.73 Å². The van der Waals surface area contributed by atoms with E-state index in [0.29, 0.717) is 0 Å². The van der Waals surface area contributed by atoms with Crippen LogP contribution in [0, 0.1) is 5.82 Å². The average Bonchev–Trinajstić information content (AvgIpc) is 2.61. The van der Waals surface area contributed by atoms with Crippen molar-refractivity contribution < 1.29 is 22.4 Å². The lowest BCUT2D eigenvalue weighted by atomic mass is 10.1. The summed E-state index contributed by atoms with van der Waals surface area (Å²) in [6.07, 6.45) is 1.03. The van der Waals surface area contributed by atoms with Crippen LogP contribution >= 0.6 is 11.6 Å². The van der Waals surface area contributed by atoms with Crippen LogP contribution in [-0.2, 0) is 14.8 Å². The highest BCUT2D eigenvalue weighted by atomic mass is 35.5. The molecule has 1 unspecified atom stereocenters. The SMILES string of the molecule is CCC(C(=O)Nc1ccccc1C(N)=O)N(c1ccc(F)c(Cl)c1)S(C)(=O)=O. The van der Waals surface area contributed by atoms with E-state index in [4.69, 9.17) is 17.3 Å². The number of benzene rings is 2. The first-order chi connectivity index (χ1) is 13.1. The minimum atomic E-state index is -3.92. The Morgan fingerprint density at radius 1 is 1.25 bits per heavy atom. The molecule has 0 radical (unpaired) electrons. The van der Waals surface area contributed by atoms with Gasteiger partial charge in [-0.2, -0.15) is 0 Å². The van der Waals surface area contributed by atoms with Crippen molar-refractivity contribution in [1.29, 1.82) is 0 Å². The maximum Gasteiger partial charge on any atom is 0.250 e. The van der Waals surface area contributed by atoms with Crippen LogP contribution in [0.2, 0.25) is 5.02 Å². The average molecular weight is 428 g/mol. The number of sulfonamides is 1. The second kappa shape index (κ2) is 8.57. The smallest absolute Gasteiger partial charge is 0.250 e. The molecule has 0 fully saturated rings. The minimum Gasteiger partial charge on any atom is -0.366 e. The fourth-order valence-electron chi connectivity index (χ4n) is 2.71. The molecular formula is C18H19ClFN3O4S. The summed E-state index contributed by atoms with van der Waals surface area (Å²) in [5.74, 6) is -2.14. The number of carbonyl (C=O) groups is 2. The summed E-state index contributed by atoms with van der Waals surface area (Å²) in [4.78, 5) is 24.4. The van der Waals surface area contributed by atoms with Crippen molar-refractivity contribution in [1.82, 2.24) is 0 Å². The third-order valence-electron chi connectivity index (χ3n) is 3.94. The van der Waals surface area contributed by atoms with Crippen LogP contribution in [-0.4, -0.2) is 32.5 Å². The number of nitrogens with zero attached hydrogens (tertiary/aromatic N) is 1. The number of para-hydroxylation sites is 1. The molecule has 0 aromatic heterocycles. The number of carbonyl (C=O) groups excluding carboxylic acids is 2. The molecule has 1 atom stereocenters. The second-order valence-corrected chi connectivity index (χ2v) is 8.25. The van der Waals surface area contributed by atoms with Crippen LogP contribution in [0.25, 0.3) is 0 Å². The number of anilines is 2. The van der Waals surface area contributed by atoms with Crippen molar-refractivity contribution in [2.75, 3.05) is 15.9 Å². The van der Waals surface area contributed by atoms with Gasteiger partial charge in [0, 0.05) is 0 Å². The largest absolute Gasteiger partial charge is 0.366 e. The molecule has 7 nitrogen and oxygen atoms in total. The van der Waals surface area contributed by atoms with Gasteiger partial charge in [0.2, 0.25) is 15.9 Å². The zero-order valence-corrected chi connectivity index (χ0v) is 16.7. The van der Waals surface area contributed by atoms with Gasteiger partial charge in [0.1, 0.15) is 11.9 Å². The van der Waals surface area contributed by atoms with Crippen molar-refractivity contribution in [3.63, 3.8) is 0 Å². The monoisotopic (exact) mass is 427 g/mol. The summed E-state index contributed by atoms with van der Waals surface area (Å²) < 4.78 is 39.1. The van der Waals surface area contributed by atoms with Gasteiger partial charge in [0.15, 0.2) is 0 Å². The summed E-state index contributed by atoms with van der Waals surface area (Å²) in [5, 5.41) is 2.26. The first-order valence-corrected chi connectivity index (χ1v) is 10.4. The number of hydrogen-bond acceptors (Lipinski definition) is 4. The molecule has 3 N–H and O–H groups in total. The molecule has 2 aromatic rings. The molecule has 0 aliphatic heterocycles. The molecule has 0 saturated carbocycles. The van der Waals surface area contributed by atoms with E-state index in [-0.39, 0.29) is 28.4 Å². The summed E-state index contributed by atoms with van der Waals surface area (Å²) >= 11 is 5.77. The molecule has 150 valence electrons. The predicted octanol–water partition coefficient (Wildman–Crippen LogP) is 2.76. The Hall–Kier alpha value is -2.65. The number of nitrogens with one attached hydrogen (secondary N) is 1. The minimum absolute atomic E-state index is 0.0408. The molecule has 0 saturated heterocycles. The van der Waals surface area contributed by atoms with E-state index < -0.39 is 33.7 Å². The zero-order valence-electron chi connectivity index (χ0n) is 15.1. The first kappa shape index (κ1) is 21.6. The van der Waals surface area contributed by atoms with Crippen LogP contribution in [0.5, 0.6) is 0 Å². The van der Waals surface area contributed by atoms with Crippen molar-refractivity contribution in [3.8, 4) is 0 Å². The molecule has 0 heterocycles. The van der Waals surface area contributed by atoms with Crippen molar-refractivity contribution >= 4 is 44.8 Å². The highest BCUT2D eigenvalue weighted by molar-refractivity contribution is 7.92. The Balaban J connectivity index is 2.45. The Labute approximate surface area is 167 Å². The van der Waals surface area contributed by atoms with Gasteiger partial charge < -0.3 is 11.1 Å². The molecule has 2 amide bonds. The van der Waals surface area contributed by atoms with Gasteiger partial charge >= 0.3 is 0 Å². The van der Waals surface area contributed by atoms with Crippen LogP contribution < -0.4 is 15.4 Å². The van der Waals surface area contributed by atoms with E-state index in [1.165, 1.54) is 18.2 Å². The van der Waals surface area contributed by atoms with Gasteiger partial charge in [-0.3, -0.25) is 13.9 Å². The lowest BCUT2D eigenvalue weighted by Gasteiger charge is -2.30. The Bertz CT molecular complexity index is 1010. The summed E-state index contributed by atoms with van der Waals surface area (Å²) in [7, 11) is -3.92. The topological polar surface area (TPSA) is 110 Å². The van der Waals surface area contributed by atoms with E-state index in [9.17, 15) is 22.4 Å². The van der Waals surface area contributed by atoms with Gasteiger partial charge in [-0.15, -0.1) is 0 Å². The number of halogens is 2. The number of rotatable bonds is 7. The third kappa shape index (κ3) is 4.79. The molecular weight excluding hydrogens is 409 g/mol. The van der Waals surface area contributed by atoms with Gasteiger partial charge in [-0.05, 0) is 36.8 Å². The maximum absolute atomic E-state index is 13.5. The second-order valence-electron chi connectivity index (χ2n) is 5.98. The fourth-order valence-corrected chi connectivity index (χ4v) is 4.08. The summed E-state index contributed by atoms with van der Waals surface area (Å²) in [5.41, 5.74) is 5.59. The Kier molecular flexibility index (Phi) is 6.63. The van der Waals surface area contributed by atoms with Crippen molar-refractivity contribution in [2.45, 2.75) is 19.4 Å². The normalized spacial score (nSPS) is 12.3. The van der Waals surface area contributed by atoms with Crippen LogP contribution in [0.4, 0.5) is 15.8 Å². The molecule has 0 spiro atoms.